The van der Waals surface area contributed by atoms with E-state index in [2.05, 4.69) is 21.2 Å². The molecule has 1 N–H and O–H groups in total. The number of hydrogen-bond acceptors (Lipinski definition) is 4. The number of benzene rings is 2. The molecule has 0 amide bonds. The molecule has 0 aliphatic carbocycles. The third-order valence-corrected chi connectivity index (χ3v) is 3.86. The van der Waals surface area contributed by atoms with E-state index in [0.717, 1.165) is 5.56 Å². The van der Waals surface area contributed by atoms with Crippen molar-refractivity contribution in [3.8, 4) is 11.5 Å². The molecule has 2 aromatic carbocycles. The van der Waals surface area contributed by atoms with Gasteiger partial charge in [-0.25, -0.2) is 4.39 Å². The normalized spacial score (nSPS) is 10.2. The highest BCUT2D eigenvalue weighted by Gasteiger charge is 2.10. The maximum Gasteiger partial charge on any atom is 0.151 e. The van der Waals surface area contributed by atoms with Crippen LogP contribution in [0.15, 0.2) is 34.8 Å². The van der Waals surface area contributed by atoms with E-state index in [1.807, 2.05) is 6.07 Å². The lowest BCUT2D eigenvalue weighted by Crippen LogP contribution is -2.04. The third-order valence-electron chi connectivity index (χ3n) is 3.18. The molecule has 0 aliphatic heterocycles. The van der Waals surface area contributed by atoms with Crippen molar-refractivity contribution >= 4 is 27.9 Å². The summed E-state index contributed by atoms with van der Waals surface area (Å²) >= 11 is 3.24. The molecule has 0 unspecified atom stereocenters. The standard InChI is InChI=1S/C16H15BrFNO3/c1-21-12-4-3-10(16(6-12)22-2)8-19-15-7-13(17)11(9-20)5-14(15)18/h3-7,9,19H,8H2,1-2H3. The third kappa shape index (κ3) is 3.57. The zero-order chi connectivity index (χ0) is 16.1. The monoisotopic (exact) mass is 367 g/mol. The highest BCUT2D eigenvalue weighted by molar-refractivity contribution is 9.10. The smallest absolute Gasteiger partial charge is 0.151 e. The number of anilines is 1. The highest BCUT2D eigenvalue weighted by Crippen LogP contribution is 2.27. The SMILES string of the molecule is COc1ccc(CNc2cc(Br)c(C=O)cc2F)c(OC)c1. The number of rotatable bonds is 6. The first-order valence-electron chi connectivity index (χ1n) is 6.48. The van der Waals surface area contributed by atoms with Crippen LogP contribution in [0.1, 0.15) is 15.9 Å². The molecule has 0 heterocycles. The number of ether oxygens (including phenoxy) is 2. The van der Waals surface area contributed by atoms with Crippen LogP contribution < -0.4 is 14.8 Å². The molecule has 0 atom stereocenters. The second-order valence-corrected chi connectivity index (χ2v) is 5.36. The first kappa shape index (κ1) is 16.3. The fraction of sp³-hybridized carbons (Fsp3) is 0.188. The Morgan fingerprint density at radius 2 is 2.00 bits per heavy atom. The van der Waals surface area contributed by atoms with Crippen LogP contribution in [0.5, 0.6) is 11.5 Å². The van der Waals surface area contributed by atoms with Gasteiger partial charge >= 0.3 is 0 Å². The van der Waals surface area contributed by atoms with E-state index in [9.17, 15) is 9.18 Å². The lowest BCUT2D eigenvalue weighted by molar-refractivity contribution is 0.112. The minimum Gasteiger partial charge on any atom is -0.497 e. The number of halogens is 2. The Balaban J connectivity index is 2.20. The minimum atomic E-state index is -0.488. The van der Waals surface area contributed by atoms with E-state index in [1.54, 1.807) is 26.4 Å². The quantitative estimate of drug-likeness (QED) is 0.783. The van der Waals surface area contributed by atoms with Gasteiger partial charge in [-0.05, 0) is 40.2 Å². The molecule has 6 heteroatoms. The Hall–Kier alpha value is -2.08. The topological polar surface area (TPSA) is 47.6 Å². The van der Waals surface area contributed by atoms with E-state index < -0.39 is 5.82 Å². The summed E-state index contributed by atoms with van der Waals surface area (Å²) in [6.45, 7) is 0.372. The van der Waals surface area contributed by atoms with Gasteiger partial charge in [0.25, 0.3) is 0 Å². The van der Waals surface area contributed by atoms with Crippen LogP contribution in [0.2, 0.25) is 0 Å². The van der Waals surface area contributed by atoms with Gasteiger partial charge in [0.15, 0.2) is 6.29 Å². The number of carbonyl (C=O) groups is 1. The second-order valence-electron chi connectivity index (χ2n) is 4.50. The Bertz CT molecular complexity index is 691. The molecule has 4 nitrogen and oxygen atoms in total. The summed E-state index contributed by atoms with van der Waals surface area (Å²) in [5.41, 5.74) is 1.43. The average Bonchev–Trinajstić information content (AvgIpc) is 2.54. The van der Waals surface area contributed by atoms with Crippen molar-refractivity contribution in [3.05, 3.63) is 51.7 Å². The average molecular weight is 368 g/mol. The van der Waals surface area contributed by atoms with Crippen LogP contribution in [-0.2, 0) is 6.54 Å². The first-order valence-corrected chi connectivity index (χ1v) is 7.27. The van der Waals surface area contributed by atoms with Crippen molar-refractivity contribution in [2.45, 2.75) is 6.54 Å². The van der Waals surface area contributed by atoms with Crippen molar-refractivity contribution in [2.24, 2.45) is 0 Å². The lowest BCUT2D eigenvalue weighted by Gasteiger charge is -2.13. The summed E-state index contributed by atoms with van der Waals surface area (Å²) in [4.78, 5) is 10.8. The minimum absolute atomic E-state index is 0.269. The number of methoxy groups -OCH3 is 2. The Labute approximate surface area is 136 Å². The zero-order valence-electron chi connectivity index (χ0n) is 12.2. The highest BCUT2D eigenvalue weighted by atomic mass is 79.9. The molecule has 0 aromatic heterocycles. The molecule has 2 rings (SSSR count). The van der Waals surface area contributed by atoms with E-state index >= 15 is 0 Å². The van der Waals surface area contributed by atoms with Crippen molar-refractivity contribution in [1.82, 2.24) is 0 Å². The van der Waals surface area contributed by atoms with Gasteiger partial charge in [0.2, 0.25) is 0 Å². The van der Waals surface area contributed by atoms with Crippen molar-refractivity contribution in [3.63, 3.8) is 0 Å². The number of carbonyl (C=O) groups excluding carboxylic acids is 1. The van der Waals surface area contributed by atoms with Gasteiger partial charge < -0.3 is 14.8 Å². The predicted octanol–water partition coefficient (Wildman–Crippen LogP) is 4.03. The van der Waals surface area contributed by atoms with Crippen LogP contribution in [0.3, 0.4) is 0 Å². The molecule has 116 valence electrons. The molecule has 0 bridgehead atoms. The molecule has 0 fully saturated rings. The van der Waals surface area contributed by atoms with Gasteiger partial charge in [-0.2, -0.15) is 0 Å². The van der Waals surface area contributed by atoms with Crippen molar-refractivity contribution in [1.29, 1.82) is 0 Å². The molecule has 0 aliphatic rings. The molecule has 0 saturated carbocycles. The summed E-state index contributed by atoms with van der Waals surface area (Å²) in [6, 6.07) is 8.14. The van der Waals surface area contributed by atoms with Gasteiger partial charge in [0.1, 0.15) is 17.3 Å². The molecule has 0 saturated heterocycles. The second kappa shape index (κ2) is 7.26. The van der Waals surface area contributed by atoms with Gasteiger partial charge in [0.05, 0.1) is 19.9 Å². The fourth-order valence-corrected chi connectivity index (χ4v) is 2.41. The summed E-state index contributed by atoms with van der Waals surface area (Å²) in [5, 5.41) is 2.99. The summed E-state index contributed by atoms with van der Waals surface area (Å²) in [6.07, 6.45) is 0.601. The predicted molar refractivity (Wildman–Crippen MR) is 86.4 cm³/mol. The summed E-state index contributed by atoms with van der Waals surface area (Å²) in [5.74, 6) is 0.846. The zero-order valence-corrected chi connectivity index (χ0v) is 13.7. The maximum absolute atomic E-state index is 13.9. The summed E-state index contributed by atoms with van der Waals surface area (Å²) in [7, 11) is 3.14. The molecule has 0 spiro atoms. The van der Waals surface area contributed by atoms with E-state index in [0.29, 0.717) is 34.5 Å². The van der Waals surface area contributed by atoms with Gasteiger partial charge in [-0.1, -0.05) is 0 Å². The van der Waals surface area contributed by atoms with E-state index in [4.69, 9.17) is 9.47 Å². The number of hydrogen-bond donors (Lipinski definition) is 1. The van der Waals surface area contributed by atoms with Crippen LogP contribution in [0.25, 0.3) is 0 Å². The molecule has 2 aromatic rings. The molecular weight excluding hydrogens is 353 g/mol. The van der Waals surface area contributed by atoms with Gasteiger partial charge in [0, 0.05) is 28.2 Å². The number of nitrogens with one attached hydrogen (secondary N) is 1. The van der Waals surface area contributed by atoms with Crippen LogP contribution in [0.4, 0.5) is 10.1 Å². The number of aldehydes is 1. The van der Waals surface area contributed by atoms with Crippen LogP contribution >= 0.6 is 15.9 Å². The molecule has 22 heavy (non-hydrogen) atoms. The van der Waals surface area contributed by atoms with Gasteiger partial charge in [-0.3, -0.25) is 4.79 Å². The Kier molecular flexibility index (Phi) is 5.38. The maximum atomic E-state index is 13.9. The van der Waals surface area contributed by atoms with Gasteiger partial charge in [-0.15, -0.1) is 0 Å². The van der Waals surface area contributed by atoms with Crippen LogP contribution in [-0.4, -0.2) is 20.5 Å². The largest absolute Gasteiger partial charge is 0.497 e. The van der Waals surface area contributed by atoms with E-state index in [1.165, 1.54) is 12.1 Å². The van der Waals surface area contributed by atoms with Crippen LogP contribution in [0, 0.1) is 5.82 Å². The van der Waals surface area contributed by atoms with E-state index in [-0.39, 0.29) is 5.56 Å². The lowest BCUT2D eigenvalue weighted by atomic mass is 10.1. The molecule has 0 radical (unpaired) electrons. The first-order chi connectivity index (χ1) is 10.6. The van der Waals surface area contributed by atoms with Crippen molar-refractivity contribution < 1.29 is 18.7 Å². The molecular formula is C16H15BrFNO3. The summed E-state index contributed by atoms with van der Waals surface area (Å²) < 4.78 is 24.9. The Morgan fingerprint density at radius 1 is 1.23 bits per heavy atom. The van der Waals surface area contributed by atoms with Crippen molar-refractivity contribution in [2.75, 3.05) is 19.5 Å². The fourth-order valence-electron chi connectivity index (χ4n) is 1.98. The Morgan fingerprint density at radius 3 is 2.64 bits per heavy atom.